The number of hydrogen-bond donors (Lipinski definition) is 1. The van der Waals surface area contributed by atoms with E-state index in [0.29, 0.717) is 0 Å². The minimum absolute atomic E-state index is 0.0440. The molecule has 162 valence electrons. The number of benzene rings is 1. The summed E-state index contributed by atoms with van der Waals surface area (Å²) in [6.07, 6.45) is 2.86. The molecule has 3 aromatic rings. The van der Waals surface area contributed by atoms with Crippen molar-refractivity contribution in [1.82, 2.24) is 9.55 Å². The summed E-state index contributed by atoms with van der Waals surface area (Å²) >= 11 is 6.10. The first-order chi connectivity index (χ1) is 14.6. The van der Waals surface area contributed by atoms with Crippen molar-refractivity contribution < 1.29 is 27.5 Å². The molecular formula is C20H18ClN3O6S. The van der Waals surface area contributed by atoms with E-state index < -0.39 is 33.4 Å². The number of hydrogen-bond acceptors (Lipinski definition) is 7. The van der Waals surface area contributed by atoms with Crippen LogP contribution in [0.2, 0.25) is 5.02 Å². The van der Waals surface area contributed by atoms with Crippen LogP contribution in [0.3, 0.4) is 0 Å². The summed E-state index contributed by atoms with van der Waals surface area (Å²) in [7, 11) is -3.64. The Morgan fingerprint density at radius 2 is 1.97 bits per heavy atom. The number of carbonyl (C=O) groups excluding carboxylic acids is 3. The fourth-order valence-corrected chi connectivity index (χ4v) is 3.75. The number of anilines is 1. The molecule has 11 heteroatoms. The van der Waals surface area contributed by atoms with Crippen LogP contribution in [0, 0.1) is 0 Å². The summed E-state index contributed by atoms with van der Waals surface area (Å²) < 4.78 is 29.2. The van der Waals surface area contributed by atoms with Crippen molar-refractivity contribution in [2.24, 2.45) is 0 Å². The fraction of sp³-hybridized carbons (Fsp3) is 0.200. The van der Waals surface area contributed by atoms with Crippen LogP contribution < -0.4 is 5.32 Å². The molecule has 0 saturated heterocycles. The minimum atomic E-state index is -3.64. The smallest absolute Gasteiger partial charge is 0.419 e. The van der Waals surface area contributed by atoms with Crippen LogP contribution in [0.25, 0.3) is 10.9 Å². The number of pyridine rings is 1. The lowest BCUT2D eigenvalue weighted by Gasteiger charge is -2.11. The largest absolute Gasteiger partial charge is 0.449 e. The van der Waals surface area contributed by atoms with Crippen molar-refractivity contribution in [2.75, 3.05) is 23.9 Å². The Morgan fingerprint density at radius 1 is 1.23 bits per heavy atom. The van der Waals surface area contributed by atoms with Gasteiger partial charge in [-0.05, 0) is 37.3 Å². The molecule has 1 N–H and O–H groups in total. The molecule has 31 heavy (non-hydrogen) atoms. The van der Waals surface area contributed by atoms with Gasteiger partial charge in [-0.15, -0.1) is 0 Å². The van der Waals surface area contributed by atoms with Crippen LogP contribution in [0.15, 0.2) is 42.7 Å². The van der Waals surface area contributed by atoms with E-state index in [2.05, 4.69) is 10.3 Å². The van der Waals surface area contributed by atoms with E-state index in [1.54, 1.807) is 13.0 Å². The maximum atomic E-state index is 13.3. The lowest BCUT2D eigenvalue weighted by Crippen LogP contribution is -2.25. The molecule has 0 fully saturated rings. The van der Waals surface area contributed by atoms with E-state index in [4.69, 9.17) is 16.3 Å². The highest BCUT2D eigenvalue weighted by atomic mass is 35.5. The molecule has 2 heterocycles. The van der Waals surface area contributed by atoms with Crippen LogP contribution >= 0.6 is 11.6 Å². The van der Waals surface area contributed by atoms with Gasteiger partial charge in [0.2, 0.25) is 11.7 Å². The predicted molar refractivity (Wildman–Crippen MR) is 115 cm³/mol. The Kier molecular flexibility index (Phi) is 6.42. The lowest BCUT2D eigenvalue weighted by atomic mass is 10.1. The van der Waals surface area contributed by atoms with Gasteiger partial charge in [-0.25, -0.2) is 17.8 Å². The number of amides is 1. The number of ketones is 1. The Bertz CT molecular complexity index is 1290. The molecule has 0 spiro atoms. The average molecular weight is 464 g/mol. The topological polar surface area (TPSA) is 124 Å². The maximum absolute atomic E-state index is 13.3. The van der Waals surface area contributed by atoms with E-state index in [1.807, 2.05) is 0 Å². The van der Waals surface area contributed by atoms with Crippen LogP contribution in [0.4, 0.5) is 10.5 Å². The zero-order valence-corrected chi connectivity index (χ0v) is 18.2. The van der Waals surface area contributed by atoms with Gasteiger partial charge in [0.05, 0.1) is 17.8 Å². The minimum Gasteiger partial charge on any atom is -0.449 e. The Labute approximate surface area is 182 Å². The first kappa shape index (κ1) is 22.4. The van der Waals surface area contributed by atoms with E-state index in [-0.39, 0.29) is 39.5 Å². The first-order valence-electron chi connectivity index (χ1n) is 9.05. The molecule has 0 aliphatic heterocycles. The maximum Gasteiger partial charge on any atom is 0.419 e. The highest BCUT2D eigenvalue weighted by Crippen LogP contribution is 2.35. The number of nitrogens with zero attached hydrogens (tertiary/aromatic N) is 2. The second kappa shape index (κ2) is 8.86. The summed E-state index contributed by atoms with van der Waals surface area (Å²) in [6.45, 7) is 1.65. The zero-order valence-electron chi connectivity index (χ0n) is 16.6. The highest BCUT2D eigenvalue weighted by molar-refractivity contribution is 7.91. The van der Waals surface area contributed by atoms with E-state index in [0.717, 1.165) is 10.8 Å². The molecule has 0 radical (unpaired) electrons. The van der Waals surface area contributed by atoms with Gasteiger partial charge >= 0.3 is 6.09 Å². The van der Waals surface area contributed by atoms with Gasteiger partial charge in [0, 0.05) is 34.6 Å². The molecule has 0 atom stereocenters. The van der Waals surface area contributed by atoms with Crippen molar-refractivity contribution in [3.63, 3.8) is 0 Å². The Balaban J connectivity index is 2.30. The molecule has 1 aromatic carbocycles. The molecule has 0 aliphatic rings. The van der Waals surface area contributed by atoms with Crippen LogP contribution in [0.5, 0.6) is 0 Å². The molecule has 0 saturated carbocycles. The molecule has 2 aromatic heterocycles. The second-order valence-electron chi connectivity index (χ2n) is 6.61. The predicted octanol–water partition coefficient (Wildman–Crippen LogP) is 2.91. The number of halogens is 1. The van der Waals surface area contributed by atoms with E-state index in [9.17, 15) is 22.8 Å². The Hall–Kier alpha value is -3.24. The first-order valence-corrected chi connectivity index (χ1v) is 11.5. The normalized spacial score (nSPS) is 11.3. The Morgan fingerprint density at radius 3 is 2.58 bits per heavy atom. The van der Waals surface area contributed by atoms with Crippen molar-refractivity contribution in [1.29, 1.82) is 0 Å². The van der Waals surface area contributed by atoms with E-state index in [1.165, 1.54) is 36.7 Å². The summed E-state index contributed by atoms with van der Waals surface area (Å²) in [6, 6.07) is 7.52. The van der Waals surface area contributed by atoms with Crippen LogP contribution in [0.1, 0.15) is 23.0 Å². The van der Waals surface area contributed by atoms with Gasteiger partial charge in [-0.3, -0.25) is 14.6 Å². The van der Waals surface area contributed by atoms with Gasteiger partial charge < -0.3 is 10.1 Å². The lowest BCUT2D eigenvalue weighted by molar-refractivity contribution is -0.113. The van der Waals surface area contributed by atoms with Crippen molar-refractivity contribution >= 4 is 55.8 Å². The number of rotatable bonds is 6. The quantitative estimate of drug-likeness (QED) is 0.557. The SMILES string of the molecule is CCOC(=O)n1c(C(=O)c2cccnc2)c(NC(=O)CS(C)(=O)=O)c2cc(Cl)ccc21. The van der Waals surface area contributed by atoms with Crippen molar-refractivity contribution in [3.8, 4) is 0 Å². The fourth-order valence-electron chi connectivity index (χ4n) is 3.03. The molecule has 9 nitrogen and oxygen atoms in total. The van der Waals surface area contributed by atoms with Crippen LogP contribution in [-0.4, -0.2) is 54.4 Å². The summed E-state index contributed by atoms with van der Waals surface area (Å²) in [5.74, 6) is -2.30. The van der Waals surface area contributed by atoms with Gasteiger partial charge in [-0.1, -0.05) is 11.6 Å². The van der Waals surface area contributed by atoms with Gasteiger partial charge in [0.1, 0.15) is 11.4 Å². The zero-order chi connectivity index (χ0) is 22.8. The molecule has 0 bridgehead atoms. The number of carbonyl (C=O) groups is 3. The number of fused-ring (bicyclic) bond motifs is 1. The number of nitrogens with one attached hydrogen (secondary N) is 1. The highest BCUT2D eigenvalue weighted by Gasteiger charge is 2.29. The number of ether oxygens (including phenoxy) is 1. The van der Waals surface area contributed by atoms with Gasteiger partial charge in [0.15, 0.2) is 9.84 Å². The number of aromatic nitrogens is 2. The van der Waals surface area contributed by atoms with Crippen molar-refractivity contribution in [2.45, 2.75) is 6.92 Å². The van der Waals surface area contributed by atoms with E-state index >= 15 is 0 Å². The molecular weight excluding hydrogens is 446 g/mol. The summed E-state index contributed by atoms with van der Waals surface area (Å²) in [5.41, 5.74) is 0.156. The molecule has 0 unspecified atom stereocenters. The van der Waals surface area contributed by atoms with Crippen molar-refractivity contribution in [3.05, 3.63) is 59.0 Å². The summed E-state index contributed by atoms with van der Waals surface area (Å²) in [5, 5.41) is 3.02. The molecule has 1 amide bonds. The average Bonchev–Trinajstić information content (AvgIpc) is 3.00. The molecule has 3 rings (SSSR count). The third-order valence-corrected chi connectivity index (χ3v) is 5.20. The third kappa shape index (κ3) is 4.92. The third-order valence-electron chi connectivity index (χ3n) is 4.18. The summed E-state index contributed by atoms with van der Waals surface area (Å²) in [4.78, 5) is 42.4. The van der Waals surface area contributed by atoms with Gasteiger partial charge in [0.25, 0.3) is 0 Å². The second-order valence-corrected chi connectivity index (χ2v) is 9.19. The monoisotopic (exact) mass is 463 g/mol. The number of sulfone groups is 1. The standard InChI is InChI=1S/C20H18ClN3O6S/c1-3-30-20(27)24-15-7-6-13(21)9-14(15)17(23-16(25)11-31(2,28)29)18(24)19(26)12-5-4-8-22-10-12/h4-10H,3,11H2,1-2H3,(H,23,25). The van der Waals surface area contributed by atoms with Gasteiger partial charge in [-0.2, -0.15) is 0 Å². The van der Waals surface area contributed by atoms with Crippen LogP contribution in [-0.2, 0) is 19.4 Å². The molecule has 0 aliphatic carbocycles.